The third-order valence-corrected chi connectivity index (χ3v) is 4.13. The molecule has 126 valence electrons. The molecule has 0 spiro atoms. The molecule has 24 heavy (non-hydrogen) atoms. The monoisotopic (exact) mass is 389 g/mol. The van der Waals surface area contributed by atoms with Gasteiger partial charge in [0.05, 0.1) is 6.54 Å². The summed E-state index contributed by atoms with van der Waals surface area (Å²) in [5, 5.41) is 0. The Hall–Kier alpha value is -2.14. The van der Waals surface area contributed by atoms with E-state index in [-0.39, 0.29) is 24.5 Å². The second-order valence-corrected chi connectivity index (χ2v) is 6.32. The van der Waals surface area contributed by atoms with E-state index in [9.17, 15) is 9.59 Å². The molecule has 4 nitrogen and oxygen atoms in total. The van der Waals surface area contributed by atoms with Crippen molar-refractivity contribution in [2.45, 2.75) is 12.8 Å². The fourth-order valence-electron chi connectivity index (χ4n) is 2.14. The van der Waals surface area contributed by atoms with E-state index in [0.717, 1.165) is 10.2 Å². The zero-order chi connectivity index (χ0) is 17.4. The Balaban J connectivity index is 1.70. The van der Waals surface area contributed by atoms with Gasteiger partial charge in [0.2, 0.25) is 5.91 Å². The van der Waals surface area contributed by atoms with E-state index in [2.05, 4.69) is 15.9 Å². The summed E-state index contributed by atoms with van der Waals surface area (Å²) in [7, 11) is 1.72. The van der Waals surface area contributed by atoms with E-state index in [4.69, 9.17) is 4.74 Å². The molecule has 2 rings (SSSR count). The zero-order valence-corrected chi connectivity index (χ0v) is 15.2. The van der Waals surface area contributed by atoms with E-state index in [1.54, 1.807) is 24.1 Å². The van der Waals surface area contributed by atoms with Crippen LogP contribution in [0, 0.1) is 0 Å². The predicted molar refractivity (Wildman–Crippen MR) is 97.3 cm³/mol. The molecular formula is C19H20BrNO3. The second-order valence-electron chi connectivity index (χ2n) is 5.41. The normalized spacial score (nSPS) is 10.2. The van der Waals surface area contributed by atoms with Crippen molar-refractivity contribution in [1.29, 1.82) is 0 Å². The van der Waals surface area contributed by atoms with Gasteiger partial charge < -0.3 is 9.64 Å². The number of hydrogen-bond donors (Lipinski definition) is 0. The molecule has 2 aromatic rings. The minimum atomic E-state index is -0.0568. The summed E-state index contributed by atoms with van der Waals surface area (Å²) in [4.78, 5) is 25.7. The highest BCUT2D eigenvalue weighted by Crippen LogP contribution is 2.16. The number of carbonyl (C=O) groups is 2. The van der Waals surface area contributed by atoms with Crippen LogP contribution in [-0.2, 0) is 4.79 Å². The number of ether oxygens (including phenoxy) is 1. The molecule has 0 aliphatic heterocycles. The molecule has 0 aliphatic carbocycles. The lowest BCUT2D eigenvalue weighted by Gasteiger charge is -2.17. The Labute approximate surface area is 150 Å². The molecule has 0 bridgehead atoms. The van der Waals surface area contributed by atoms with Crippen LogP contribution >= 0.6 is 15.9 Å². The van der Waals surface area contributed by atoms with Crippen LogP contribution in [0.3, 0.4) is 0 Å². The number of hydrogen-bond acceptors (Lipinski definition) is 3. The second kappa shape index (κ2) is 9.23. The lowest BCUT2D eigenvalue weighted by Crippen LogP contribution is -2.31. The first-order valence-corrected chi connectivity index (χ1v) is 8.56. The van der Waals surface area contributed by atoms with Crippen LogP contribution in [0.25, 0.3) is 0 Å². The van der Waals surface area contributed by atoms with Gasteiger partial charge in [-0.3, -0.25) is 9.59 Å². The van der Waals surface area contributed by atoms with Crippen LogP contribution in [0.1, 0.15) is 23.2 Å². The molecular weight excluding hydrogens is 370 g/mol. The van der Waals surface area contributed by atoms with E-state index in [0.29, 0.717) is 18.7 Å². The van der Waals surface area contributed by atoms with Gasteiger partial charge in [-0.15, -0.1) is 0 Å². The predicted octanol–water partition coefficient (Wildman–Crippen LogP) is 3.95. The summed E-state index contributed by atoms with van der Waals surface area (Å²) < 4.78 is 6.59. The third-order valence-electron chi connectivity index (χ3n) is 3.60. The number of nitrogens with zero attached hydrogens (tertiary/aromatic N) is 1. The smallest absolute Gasteiger partial charge is 0.222 e. The van der Waals surface area contributed by atoms with Crippen molar-refractivity contribution >= 4 is 27.6 Å². The number of halogens is 1. The largest absolute Gasteiger partial charge is 0.492 e. The molecule has 2 aromatic carbocycles. The van der Waals surface area contributed by atoms with Crippen LogP contribution < -0.4 is 4.74 Å². The van der Waals surface area contributed by atoms with Crippen LogP contribution in [-0.4, -0.2) is 36.8 Å². The zero-order valence-electron chi connectivity index (χ0n) is 13.6. The maximum absolute atomic E-state index is 12.1. The van der Waals surface area contributed by atoms with Crippen molar-refractivity contribution < 1.29 is 14.3 Å². The Morgan fingerprint density at radius 3 is 2.33 bits per heavy atom. The number of carbonyl (C=O) groups excluding carboxylic acids is 2. The quantitative estimate of drug-likeness (QED) is 0.642. The van der Waals surface area contributed by atoms with Gasteiger partial charge in [0.1, 0.15) is 12.4 Å². The molecule has 0 radical (unpaired) electrons. The van der Waals surface area contributed by atoms with Crippen molar-refractivity contribution in [2.75, 3.05) is 20.2 Å². The van der Waals surface area contributed by atoms with Gasteiger partial charge in [0.25, 0.3) is 0 Å². The average Bonchev–Trinajstić information content (AvgIpc) is 2.61. The van der Waals surface area contributed by atoms with Gasteiger partial charge in [-0.1, -0.05) is 46.3 Å². The molecule has 0 aromatic heterocycles. The van der Waals surface area contributed by atoms with E-state index in [1.807, 2.05) is 42.5 Å². The fourth-order valence-corrected chi connectivity index (χ4v) is 2.40. The van der Waals surface area contributed by atoms with Crippen LogP contribution in [0.15, 0.2) is 59.1 Å². The molecule has 0 heterocycles. The summed E-state index contributed by atoms with van der Waals surface area (Å²) in [6.45, 7) is 0.894. The van der Waals surface area contributed by atoms with Crippen molar-refractivity contribution in [3.8, 4) is 5.75 Å². The van der Waals surface area contributed by atoms with Gasteiger partial charge in [0.15, 0.2) is 5.78 Å². The first kappa shape index (κ1) is 18.2. The van der Waals surface area contributed by atoms with Crippen molar-refractivity contribution in [3.63, 3.8) is 0 Å². The molecule has 0 aliphatic rings. The topological polar surface area (TPSA) is 46.6 Å². The summed E-state index contributed by atoms with van der Waals surface area (Å²) in [5.74, 6) is 0.695. The molecule has 0 fully saturated rings. The summed E-state index contributed by atoms with van der Waals surface area (Å²) >= 11 is 3.37. The van der Waals surface area contributed by atoms with Crippen LogP contribution in [0.4, 0.5) is 0 Å². The first-order chi connectivity index (χ1) is 11.6. The highest BCUT2D eigenvalue weighted by atomic mass is 79.9. The van der Waals surface area contributed by atoms with Gasteiger partial charge in [-0.25, -0.2) is 0 Å². The third kappa shape index (κ3) is 5.81. The summed E-state index contributed by atoms with van der Waals surface area (Å²) in [6, 6.07) is 16.6. The lowest BCUT2D eigenvalue weighted by atomic mass is 10.1. The number of Topliss-reactive ketones (excluding diaryl/α,β-unsaturated/α-hetero) is 1. The van der Waals surface area contributed by atoms with Crippen molar-refractivity contribution in [3.05, 3.63) is 64.6 Å². The Morgan fingerprint density at radius 1 is 1.00 bits per heavy atom. The molecule has 0 unspecified atom stereocenters. The number of rotatable bonds is 8. The van der Waals surface area contributed by atoms with Crippen LogP contribution in [0.2, 0.25) is 0 Å². The minimum Gasteiger partial charge on any atom is -0.492 e. The highest BCUT2D eigenvalue weighted by molar-refractivity contribution is 9.10. The standard InChI is InChI=1S/C19H20BrNO3/c1-21(13-14-24-17-9-7-16(20)8-10-17)19(23)12-11-18(22)15-5-3-2-4-6-15/h2-10H,11-14H2,1H3. The summed E-state index contributed by atoms with van der Waals surface area (Å²) in [6.07, 6.45) is 0.434. The number of likely N-dealkylation sites (N-methyl/N-ethyl adjacent to an activating group) is 1. The highest BCUT2D eigenvalue weighted by Gasteiger charge is 2.12. The summed E-state index contributed by atoms with van der Waals surface area (Å²) in [5.41, 5.74) is 0.645. The van der Waals surface area contributed by atoms with Gasteiger partial charge >= 0.3 is 0 Å². The van der Waals surface area contributed by atoms with E-state index < -0.39 is 0 Å². The van der Waals surface area contributed by atoms with Gasteiger partial charge in [0, 0.05) is 29.9 Å². The Kier molecular flexibility index (Phi) is 7.00. The maximum atomic E-state index is 12.1. The molecule has 1 amide bonds. The first-order valence-electron chi connectivity index (χ1n) is 7.77. The lowest BCUT2D eigenvalue weighted by molar-refractivity contribution is -0.130. The van der Waals surface area contributed by atoms with Crippen molar-refractivity contribution in [1.82, 2.24) is 4.90 Å². The molecule has 0 saturated carbocycles. The Bertz CT molecular complexity index is 671. The molecule has 0 saturated heterocycles. The molecule has 0 N–H and O–H groups in total. The maximum Gasteiger partial charge on any atom is 0.222 e. The minimum absolute atomic E-state index is 0.0107. The number of amides is 1. The van der Waals surface area contributed by atoms with E-state index in [1.165, 1.54) is 0 Å². The Morgan fingerprint density at radius 2 is 1.67 bits per heavy atom. The van der Waals surface area contributed by atoms with Gasteiger partial charge in [-0.05, 0) is 24.3 Å². The van der Waals surface area contributed by atoms with E-state index >= 15 is 0 Å². The number of ketones is 1. The van der Waals surface area contributed by atoms with Crippen molar-refractivity contribution in [2.24, 2.45) is 0 Å². The SMILES string of the molecule is CN(CCOc1ccc(Br)cc1)C(=O)CCC(=O)c1ccccc1. The molecule has 0 atom stereocenters. The number of benzene rings is 2. The average molecular weight is 390 g/mol. The fraction of sp³-hybridized carbons (Fsp3) is 0.263. The van der Waals surface area contributed by atoms with Gasteiger partial charge in [-0.2, -0.15) is 0 Å². The molecule has 5 heteroatoms. The van der Waals surface area contributed by atoms with Crippen LogP contribution in [0.5, 0.6) is 5.75 Å².